The second-order valence-electron chi connectivity index (χ2n) is 7.38. The number of carbonyl (C=O) groups is 1. The number of hydrogen-bond donors (Lipinski definition) is 1. The maximum atomic E-state index is 12.6. The lowest BCUT2D eigenvalue weighted by atomic mass is 10.2. The van der Waals surface area contributed by atoms with E-state index in [0.29, 0.717) is 30.3 Å². The van der Waals surface area contributed by atoms with Crippen molar-refractivity contribution in [3.05, 3.63) is 30.5 Å². The number of amides is 2. The lowest BCUT2D eigenvalue weighted by Crippen LogP contribution is -2.50. The number of ether oxygens (including phenoxy) is 2. The molecule has 29 heavy (non-hydrogen) atoms. The summed E-state index contributed by atoms with van der Waals surface area (Å²) in [4.78, 5) is 28.1. The first kappa shape index (κ1) is 17.8. The number of rotatable bonds is 3. The average molecular weight is 396 g/mol. The van der Waals surface area contributed by atoms with Gasteiger partial charge in [0.15, 0.2) is 11.5 Å². The van der Waals surface area contributed by atoms with Crippen LogP contribution < -0.4 is 24.6 Å². The zero-order chi connectivity index (χ0) is 19.6. The molecular weight excluding hydrogens is 372 g/mol. The molecule has 0 radical (unpaired) electrons. The van der Waals surface area contributed by atoms with Crippen LogP contribution in [-0.2, 0) is 0 Å². The second kappa shape index (κ2) is 7.65. The Bertz CT molecular complexity index is 894. The van der Waals surface area contributed by atoms with Gasteiger partial charge in [-0.1, -0.05) is 0 Å². The monoisotopic (exact) mass is 396 g/mol. The normalized spacial score (nSPS) is 18.3. The van der Waals surface area contributed by atoms with E-state index < -0.39 is 0 Å². The third-order valence-electron chi connectivity index (χ3n) is 5.53. The number of carbonyl (C=O) groups excluding carboxylic acids is 1. The third-order valence-corrected chi connectivity index (χ3v) is 5.53. The van der Waals surface area contributed by atoms with Crippen molar-refractivity contribution in [2.75, 3.05) is 61.2 Å². The number of fused-ring (bicyclic) bond motifs is 1. The average Bonchev–Trinajstić information content (AvgIpc) is 3.46. The van der Waals surface area contributed by atoms with E-state index in [4.69, 9.17) is 14.5 Å². The Morgan fingerprint density at radius 3 is 2.55 bits per heavy atom. The molecule has 1 aromatic heterocycles. The maximum absolute atomic E-state index is 12.6. The van der Waals surface area contributed by atoms with Gasteiger partial charge in [0.25, 0.3) is 0 Å². The van der Waals surface area contributed by atoms with Crippen molar-refractivity contribution < 1.29 is 14.3 Å². The van der Waals surface area contributed by atoms with Crippen molar-refractivity contribution in [1.82, 2.24) is 14.9 Å². The molecule has 0 saturated carbocycles. The first-order valence-corrected chi connectivity index (χ1v) is 10.0. The SMILES string of the molecule is O=C(Nc1ccc2c(c1)OCO2)N1CCN(c2ccnc(N3CCCC3)n2)CC1. The minimum Gasteiger partial charge on any atom is -0.454 e. The predicted octanol–water partition coefficient (Wildman–Crippen LogP) is 2.16. The van der Waals surface area contributed by atoms with E-state index in [-0.39, 0.29) is 12.8 Å². The Morgan fingerprint density at radius 1 is 0.931 bits per heavy atom. The van der Waals surface area contributed by atoms with Crippen LogP contribution in [0, 0.1) is 0 Å². The number of nitrogens with one attached hydrogen (secondary N) is 1. The summed E-state index contributed by atoms with van der Waals surface area (Å²) < 4.78 is 10.7. The molecular formula is C20H24N6O3. The van der Waals surface area contributed by atoms with E-state index in [1.807, 2.05) is 29.3 Å². The summed E-state index contributed by atoms with van der Waals surface area (Å²) in [5.41, 5.74) is 0.702. The molecule has 9 nitrogen and oxygen atoms in total. The summed E-state index contributed by atoms with van der Waals surface area (Å²) in [5.74, 6) is 3.10. The first-order chi connectivity index (χ1) is 14.3. The fourth-order valence-corrected chi connectivity index (χ4v) is 3.90. The van der Waals surface area contributed by atoms with Gasteiger partial charge in [0.1, 0.15) is 5.82 Å². The van der Waals surface area contributed by atoms with Crippen molar-refractivity contribution in [3.63, 3.8) is 0 Å². The summed E-state index contributed by atoms with van der Waals surface area (Å²) in [5, 5.41) is 2.94. The van der Waals surface area contributed by atoms with Crippen LogP contribution in [0.25, 0.3) is 0 Å². The molecule has 3 aliphatic rings. The highest BCUT2D eigenvalue weighted by Crippen LogP contribution is 2.34. The van der Waals surface area contributed by atoms with Gasteiger partial charge in [-0.2, -0.15) is 4.98 Å². The molecule has 1 aromatic carbocycles. The van der Waals surface area contributed by atoms with Crippen molar-refractivity contribution >= 4 is 23.5 Å². The van der Waals surface area contributed by atoms with Gasteiger partial charge < -0.3 is 29.5 Å². The smallest absolute Gasteiger partial charge is 0.321 e. The van der Waals surface area contributed by atoms with E-state index in [0.717, 1.165) is 37.9 Å². The van der Waals surface area contributed by atoms with E-state index in [1.54, 1.807) is 6.07 Å². The molecule has 0 unspecified atom stereocenters. The van der Waals surface area contributed by atoms with E-state index in [9.17, 15) is 4.79 Å². The number of nitrogens with zero attached hydrogens (tertiary/aromatic N) is 5. The molecule has 2 amide bonds. The molecule has 0 aliphatic carbocycles. The van der Waals surface area contributed by atoms with Crippen LogP contribution in [0.1, 0.15) is 12.8 Å². The predicted molar refractivity (Wildman–Crippen MR) is 109 cm³/mol. The second-order valence-corrected chi connectivity index (χ2v) is 7.38. The number of urea groups is 1. The van der Waals surface area contributed by atoms with E-state index in [2.05, 4.69) is 20.1 Å². The molecule has 5 rings (SSSR count). The molecule has 4 heterocycles. The van der Waals surface area contributed by atoms with Gasteiger partial charge in [-0.05, 0) is 31.0 Å². The van der Waals surface area contributed by atoms with Crippen LogP contribution in [0.15, 0.2) is 30.5 Å². The van der Waals surface area contributed by atoms with Crippen LogP contribution in [0.4, 0.5) is 22.2 Å². The van der Waals surface area contributed by atoms with E-state index in [1.165, 1.54) is 12.8 Å². The van der Waals surface area contributed by atoms with Gasteiger partial charge >= 0.3 is 6.03 Å². The number of piperazine rings is 1. The molecule has 2 aromatic rings. The highest BCUT2D eigenvalue weighted by atomic mass is 16.7. The number of benzene rings is 1. The van der Waals surface area contributed by atoms with Gasteiger partial charge in [0, 0.05) is 57.2 Å². The Morgan fingerprint density at radius 2 is 1.72 bits per heavy atom. The standard InChI is InChI=1S/C20H24N6O3/c27-20(22-15-3-4-16-17(13-15)29-14-28-16)26-11-9-24(10-12-26)18-5-6-21-19(23-18)25-7-1-2-8-25/h3-6,13H,1-2,7-12,14H2,(H,22,27). The number of aromatic nitrogens is 2. The van der Waals surface area contributed by atoms with Crippen LogP contribution >= 0.6 is 0 Å². The Hall–Kier alpha value is -3.23. The van der Waals surface area contributed by atoms with Crippen molar-refractivity contribution in [2.45, 2.75) is 12.8 Å². The highest BCUT2D eigenvalue weighted by Gasteiger charge is 2.24. The van der Waals surface area contributed by atoms with Crippen LogP contribution in [0.5, 0.6) is 11.5 Å². The first-order valence-electron chi connectivity index (χ1n) is 10.0. The zero-order valence-electron chi connectivity index (χ0n) is 16.2. The molecule has 0 spiro atoms. The molecule has 2 saturated heterocycles. The van der Waals surface area contributed by atoms with Gasteiger partial charge in [-0.15, -0.1) is 0 Å². The Balaban J connectivity index is 1.18. The largest absolute Gasteiger partial charge is 0.454 e. The Kier molecular flexibility index (Phi) is 4.71. The third kappa shape index (κ3) is 3.72. The number of anilines is 3. The zero-order valence-corrected chi connectivity index (χ0v) is 16.2. The number of hydrogen-bond acceptors (Lipinski definition) is 7. The summed E-state index contributed by atoms with van der Waals surface area (Å²) in [6.45, 7) is 5.03. The minimum absolute atomic E-state index is 0.107. The van der Waals surface area contributed by atoms with E-state index >= 15 is 0 Å². The van der Waals surface area contributed by atoms with Crippen molar-refractivity contribution in [2.24, 2.45) is 0 Å². The van der Waals surface area contributed by atoms with Crippen molar-refractivity contribution in [3.8, 4) is 11.5 Å². The summed E-state index contributed by atoms with van der Waals surface area (Å²) in [6, 6.07) is 7.26. The van der Waals surface area contributed by atoms with Crippen LogP contribution in [0.2, 0.25) is 0 Å². The van der Waals surface area contributed by atoms with Crippen LogP contribution in [0.3, 0.4) is 0 Å². The van der Waals surface area contributed by atoms with Crippen LogP contribution in [-0.4, -0.2) is 67.0 Å². The molecule has 0 atom stereocenters. The molecule has 0 bridgehead atoms. The van der Waals surface area contributed by atoms with Gasteiger partial charge in [-0.3, -0.25) is 0 Å². The maximum Gasteiger partial charge on any atom is 0.321 e. The quantitative estimate of drug-likeness (QED) is 0.851. The molecule has 1 N–H and O–H groups in total. The Labute approximate surface area is 169 Å². The fourth-order valence-electron chi connectivity index (χ4n) is 3.90. The molecule has 9 heteroatoms. The van der Waals surface area contributed by atoms with Gasteiger partial charge in [-0.25, -0.2) is 9.78 Å². The fraction of sp³-hybridized carbons (Fsp3) is 0.450. The minimum atomic E-state index is -0.107. The van der Waals surface area contributed by atoms with Crippen molar-refractivity contribution in [1.29, 1.82) is 0 Å². The van der Waals surface area contributed by atoms with Gasteiger partial charge in [0.2, 0.25) is 12.7 Å². The molecule has 152 valence electrons. The topological polar surface area (TPSA) is 83.1 Å². The molecule has 3 aliphatic heterocycles. The lowest BCUT2D eigenvalue weighted by Gasteiger charge is -2.35. The van der Waals surface area contributed by atoms with Gasteiger partial charge in [0.05, 0.1) is 0 Å². The summed E-state index contributed by atoms with van der Waals surface area (Å²) in [6.07, 6.45) is 4.23. The summed E-state index contributed by atoms with van der Waals surface area (Å²) in [7, 11) is 0. The molecule has 2 fully saturated rings. The highest BCUT2D eigenvalue weighted by molar-refractivity contribution is 5.90. The summed E-state index contributed by atoms with van der Waals surface area (Å²) >= 11 is 0. The lowest BCUT2D eigenvalue weighted by molar-refractivity contribution is 0.174.